The summed E-state index contributed by atoms with van der Waals surface area (Å²) >= 11 is 5.60. The molecular weight excluding hydrogens is 246 g/mol. The summed E-state index contributed by atoms with van der Waals surface area (Å²) in [5.74, 6) is 1.53. The standard InChI is InChI=1S/C15H17ClNO/c1-17-10-7-14(8-11-17)13-3-5-15(6-4-13)18-12-2-9-16/h3-8,10-11H,2,9,12H2,1H3/q+1. The molecule has 1 heterocycles. The van der Waals surface area contributed by atoms with Crippen molar-refractivity contribution in [2.45, 2.75) is 6.42 Å². The molecule has 0 atom stereocenters. The summed E-state index contributed by atoms with van der Waals surface area (Å²) < 4.78 is 7.59. The zero-order valence-corrected chi connectivity index (χ0v) is 11.2. The number of pyridine rings is 1. The fraction of sp³-hybridized carbons (Fsp3) is 0.267. The molecule has 0 amide bonds. The van der Waals surface area contributed by atoms with Crippen molar-refractivity contribution in [1.82, 2.24) is 0 Å². The summed E-state index contributed by atoms with van der Waals surface area (Å²) in [7, 11) is 2.01. The number of nitrogens with zero attached hydrogens (tertiary/aromatic N) is 1. The first-order chi connectivity index (χ1) is 8.79. The van der Waals surface area contributed by atoms with Gasteiger partial charge in [0.25, 0.3) is 0 Å². The smallest absolute Gasteiger partial charge is 0.169 e. The largest absolute Gasteiger partial charge is 0.494 e. The highest BCUT2D eigenvalue weighted by Crippen LogP contribution is 2.21. The predicted octanol–water partition coefficient (Wildman–Crippen LogP) is 3.19. The van der Waals surface area contributed by atoms with E-state index >= 15 is 0 Å². The Bertz CT molecular complexity index is 479. The van der Waals surface area contributed by atoms with Crippen molar-refractivity contribution in [3.05, 3.63) is 48.8 Å². The van der Waals surface area contributed by atoms with Gasteiger partial charge in [0.15, 0.2) is 12.4 Å². The van der Waals surface area contributed by atoms with Gasteiger partial charge in [-0.15, -0.1) is 11.6 Å². The normalized spacial score (nSPS) is 10.3. The van der Waals surface area contributed by atoms with Crippen LogP contribution in [-0.2, 0) is 7.05 Å². The van der Waals surface area contributed by atoms with Crippen LogP contribution >= 0.6 is 11.6 Å². The van der Waals surface area contributed by atoms with Gasteiger partial charge in [0.2, 0.25) is 0 Å². The van der Waals surface area contributed by atoms with Crippen LogP contribution in [0.4, 0.5) is 0 Å². The van der Waals surface area contributed by atoms with Gasteiger partial charge in [-0.05, 0) is 29.7 Å². The minimum Gasteiger partial charge on any atom is -0.494 e. The first kappa shape index (κ1) is 12.9. The van der Waals surface area contributed by atoms with E-state index in [1.54, 1.807) is 0 Å². The van der Waals surface area contributed by atoms with Gasteiger partial charge in [0.05, 0.1) is 6.61 Å². The lowest BCUT2D eigenvalue weighted by Gasteiger charge is -2.06. The second kappa shape index (κ2) is 6.41. The van der Waals surface area contributed by atoms with Crippen LogP contribution in [-0.4, -0.2) is 12.5 Å². The molecule has 0 fully saturated rings. The van der Waals surface area contributed by atoms with Crippen LogP contribution in [0.2, 0.25) is 0 Å². The summed E-state index contributed by atoms with van der Waals surface area (Å²) in [6.45, 7) is 0.671. The Hall–Kier alpha value is -1.54. The molecule has 1 aromatic heterocycles. The van der Waals surface area contributed by atoms with E-state index < -0.39 is 0 Å². The molecule has 2 nitrogen and oxygen atoms in total. The maximum Gasteiger partial charge on any atom is 0.169 e. The third-order valence-electron chi connectivity index (χ3n) is 2.71. The monoisotopic (exact) mass is 262 g/mol. The number of ether oxygens (including phenoxy) is 1. The fourth-order valence-electron chi connectivity index (χ4n) is 1.68. The van der Waals surface area contributed by atoms with Crippen LogP contribution in [0.3, 0.4) is 0 Å². The molecule has 0 saturated carbocycles. The van der Waals surface area contributed by atoms with E-state index in [0.29, 0.717) is 12.5 Å². The molecule has 94 valence electrons. The van der Waals surface area contributed by atoms with E-state index in [4.69, 9.17) is 16.3 Å². The van der Waals surface area contributed by atoms with Gasteiger partial charge in [0, 0.05) is 18.0 Å². The average Bonchev–Trinajstić information content (AvgIpc) is 2.41. The zero-order valence-electron chi connectivity index (χ0n) is 10.5. The van der Waals surface area contributed by atoms with Crippen molar-refractivity contribution >= 4 is 11.6 Å². The molecule has 2 aromatic rings. The second-order valence-electron chi connectivity index (χ2n) is 4.17. The molecular formula is C15H17ClNO+. The van der Waals surface area contributed by atoms with Crippen LogP contribution < -0.4 is 9.30 Å². The van der Waals surface area contributed by atoms with Gasteiger partial charge in [-0.3, -0.25) is 0 Å². The summed E-state index contributed by atoms with van der Waals surface area (Å²) in [4.78, 5) is 0. The van der Waals surface area contributed by atoms with E-state index in [9.17, 15) is 0 Å². The molecule has 0 aliphatic heterocycles. The number of rotatable bonds is 5. The van der Waals surface area contributed by atoms with Gasteiger partial charge in [-0.1, -0.05) is 12.1 Å². The van der Waals surface area contributed by atoms with Crippen LogP contribution in [0, 0.1) is 0 Å². The average molecular weight is 263 g/mol. The summed E-state index contributed by atoms with van der Waals surface area (Å²) in [5, 5.41) is 0. The Morgan fingerprint density at radius 1 is 1.00 bits per heavy atom. The lowest BCUT2D eigenvalue weighted by atomic mass is 10.1. The highest BCUT2D eigenvalue weighted by atomic mass is 35.5. The maximum atomic E-state index is 5.60. The van der Waals surface area contributed by atoms with Crippen molar-refractivity contribution in [2.24, 2.45) is 7.05 Å². The molecule has 0 N–H and O–H groups in total. The lowest BCUT2D eigenvalue weighted by molar-refractivity contribution is -0.671. The third kappa shape index (κ3) is 3.47. The van der Waals surface area contributed by atoms with Gasteiger partial charge in [-0.2, -0.15) is 0 Å². The van der Waals surface area contributed by atoms with Crippen molar-refractivity contribution in [1.29, 1.82) is 0 Å². The Morgan fingerprint density at radius 3 is 2.22 bits per heavy atom. The van der Waals surface area contributed by atoms with Crippen molar-refractivity contribution < 1.29 is 9.30 Å². The molecule has 18 heavy (non-hydrogen) atoms. The van der Waals surface area contributed by atoms with Crippen molar-refractivity contribution in [3.8, 4) is 16.9 Å². The first-order valence-corrected chi connectivity index (χ1v) is 6.57. The molecule has 0 saturated heterocycles. The van der Waals surface area contributed by atoms with Crippen LogP contribution in [0.5, 0.6) is 5.75 Å². The third-order valence-corrected chi connectivity index (χ3v) is 2.98. The number of aryl methyl sites for hydroxylation is 1. The maximum absolute atomic E-state index is 5.60. The Kier molecular flexibility index (Phi) is 4.59. The number of hydrogen-bond acceptors (Lipinski definition) is 1. The minimum absolute atomic E-state index is 0.638. The molecule has 1 aromatic carbocycles. The molecule has 0 bridgehead atoms. The quantitative estimate of drug-likeness (QED) is 0.458. The lowest BCUT2D eigenvalue weighted by Crippen LogP contribution is -2.25. The highest BCUT2D eigenvalue weighted by molar-refractivity contribution is 6.17. The summed E-state index contributed by atoms with van der Waals surface area (Å²) in [5.41, 5.74) is 2.40. The second-order valence-corrected chi connectivity index (χ2v) is 4.55. The Balaban J connectivity index is 2.05. The topological polar surface area (TPSA) is 13.1 Å². The highest BCUT2D eigenvalue weighted by Gasteiger charge is 2.00. The molecule has 3 heteroatoms. The van der Waals surface area contributed by atoms with Crippen molar-refractivity contribution in [2.75, 3.05) is 12.5 Å². The van der Waals surface area contributed by atoms with Crippen LogP contribution in [0.15, 0.2) is 48.8 Å². The molecule has 0 unspecified atom stereocenters. The SMILES string of the molecule is C[n+]1ccc(-c2ccc(OCCCCl)cc2)cc1. The molecule has 0 aliphatic carbocycles. The molecule has 0 radical (unpaired) electrons. The summed E-state index contributed by atoms with van der Waals surface area (Å²) in [6, 6.07) is 12.3. The number of hydrogen-bond donors (Lipinski definition) is 0. The fourth-order valence-corrected chi connectivity index (χ4v) is 1.79. The van der Waals surface area contributed by atoms with E-state index in [0.717, 1.165) is 12.2 Å². The summed E-state index contributed by atoms with van der Waals surface area (Å²) in [6.07, 6.45) is 4.96. The number of halogens is 1. The van der Waals surface area contributed by atoms with E-state index in [-0.39, 0.29) is 0 Å². The van der Waals surface area contributed by atoms with E-state index in [1.165, 1.54) is 11.1 Å². The Morgan fingerprint density at radius 2 is 1.61 bits per heavy atom. The van der Waals surface area contributed by atoms with Gasteiger partial charge in [-0.25, -0.2) is 4.57 Å². The molecule has 0 spiro atoms. The number of alkyl halides is 1. The van der Waals surface area contributed by atoms with E-state index in [2.05, 4.69) is 24.3 Å². The first-order valence-electron chi connectivity index (χ1n) is 6.04. The Labute approximate surface area is 113 Å². The zero-order chi connectivity index (χ0) is 12.8. The van der Waals surface area contributed by atoms with Crippen LogP contribution in [0.25, 0.3) is 11.1 Å². The number of aromatic nitrogens is 1. The minimum atomic E-state index is 0.638. The van der Waals surface area contributed by atoms with Gasteiger partial charge in [0.1, 0.15) is 12.8 Å². The van der Waals surface area contributed by atoms with E-state index in [1.807, 2.05) is 36.1 Å². The van der Waals surface area contributed by atoms with Gasteiger partial charge < -0.3 is 4.74 Å². The van der Waals surface area contributed by atoms with Crippen LogP contribution in [0.1, 0.15) is 6.42 Å². The van der Waals surface area contributed by atoms with Gasteiger partial charge >= 0.3 is 0 Å². The predicted molar refractivity (Wildman–Crippen MR) is 73.9 cm³/mol. The number of benzene rings is 1. The molecule has 2 rings (SSSR count). The molecule has 0 aliphatic rings. The van der Waals surface area contributed by atoms with Crippen molar-refractivity contribution in [3.63, 3.8) is 0 Å².